The molecule has 5 heteroatoms. The minimum absolute atomic E-state index is 0.0430. The van der Waals surface area contributed by atoms with Gasteiger partial charge in [0.15, 0.2) is 0 Å². The normalized spacial score (nSPS) is 13.2. The Morgan fingerprint density at radius 3 is 1.12 bits per heavy atom. The third-order valence-electron chi connectivity index (χ3n) is 10.7. The fraction of sp³-hybridized carbons (Fsp3) is 0.319. The van der Waals surface area contributed by atoms with Gasteiger partial charge < -0.3 is 23.4 Å². The van der Waals surface area contributed by atoms with Crippen molar-refractivity contribution < 1.29 is 23.4 Å². The fourth-order valence-electron chi connectivity index (χ4n) is 7.42. The molecule has 6 aromatic rings. The molecule has 52 heavy (non-hydrogen) atoms. The molecule has 270 valence electrons. The van der Waals surface area contributed by atoms with Gasteiger partial charge in [-0.3, -0.25) is 0 Å². The predicted octanol–water partition coefficient (Wildman–Crippen LogP) is 11.1. The molecule has 0 aliphatic carbocycles. The van der Waals surface area contributed by atoms with Gasteiger partial charge in [0.05, 0.1) is 24.4 Å². The first-order valence-corrected chi connectivity index (χ1v) is 18.2. The highest BCUT2D eigenvalue weighted by atomic mass is 16.5. The van der Waals surface area contributed by atoms with Gasteiger partial charge in [-0.2, -0.15) is 0 Å². The maximum Gasteiger partial charge on any atom is 0.122 e. The predicted molar refractivity (Wildman–Crippen MR) is 209 cm³/mol. The van der Waals surface area contributed by atoms with Crippen molar-refractivity contribution in [1.29, 1.82) is 0 Å². The first-order chi connectivity index (χ1) is 24.8. The quantitative estimate of drug-likeness (QED) is 0.138. The number of aliphatic hydroxyl groups excluding tert-OH is 1. The molecule has 4 aromatic carbocycles. The van der Waals surface area contributed by atoms with Crippen LogP contribution in [0.4, 0.5) is 0 Å². The number of hydrogen-bond acceptors (Lipinski definition) is 5. The van der Waals surface area contributed by atoms with Crippen molar-refractivity contribution >= 4 is 0 Å². The standard InChI is InChI=1S/C47H52O5/c1-27-17-31(5)38(19-29(27)3)46(42-13-11-15-49-42)40-21-35(9)44(23-33(40)7)51-25-37(48)26-52-45-24-34(8)41(22-36(45)10)47(43-14-12-16-50-43)39-20-30(4)28(2)18-32(39)6/h11-24,37,46-48H,25-26H2,1-10H3. The van der Waals surface area contributed by atoms with E-state index in [1.807, 2.05) is 12.1 Å². The van der Waals surface area contributed by atoms with Crippen molar-refractivity contribution in [2.24, 2.45) is 0 Å². The van der Waals surface area contributed by atoms with Gasteiger partial charge >= 0.3 is 0 Å². The molecule has 0 spiro atoms. The minimum atomic E-state index is -0.818. The summed E-state index contributed by atoms with van der Waals surface area (Å²) in [6, 6.07) is 25.6. The molecule has 0 aliphatic heterocycles. The average molecular weight is 697 g/mol. The molecule has 0 aliphatic rings. The van der Waals surface area contributed by atoms with E-state index in [0.29, 0.717) is 0 Å². The lowest BCUT2D eigenvalue weighted by Crippen LogP contribution is -2.25. The maximum atomic E-state index is 11.0. The zero-order valence-corrected chi connectivity index (χ0v) is 32.3. The van der Waals surface area contributed by atoms with E-state index in [2.05, 4.69) is 130 Å². The van der Waals surface area contributed by atoms with E-state index in [9.17, 15) is 5.11 Å². The van der Waals surface area contributed by atoms with Crippen LogP contribution in [-0.2, 0) is 0 Å². The highest BCUT2D eigenvalue weighted by Gasteiger charge is 2.26. The van der Waals surface area contributed by atoms with Crippen LogP contribution in [0.3, 0.4) is 0 Å². The number of rotatable bonds is 12. The lowest BCUT2D eigenvalue weighted by atomic mass is 9.82. The summed E-state index contributed by atoms with van der Waals surface area (Å²) < 4.78 is 24.4. The average Bonchev–Trinajstić information content (AvgIpc) is 3.83. The number of aryl methyl sites for hydroxylation is 10. The van der Waals surface area contributed by atoms with E-state index in [1.54, 1.807) is 12.5 Å². The molecular weight excluding hydrogens is 645 g/mol. The Morgan fingerprint density at radius 2 is 0.769 bits per heavy atom. The lowest BCUT2D eigenvalue weighted by molar-refractivity contribution is 0.0621. The number of benzene rings is 4. The van der Waals surface area contributed by atoms with Gasteiger partial charge in [-0.25, -0.2) is 0 Å². The van der Waals surface area contributed by atoms with Crippen LogP contribution in [0.5, 0.6) is 11.5 Å². The second-order valence-corrected chi connectivity index (χ2v) is 14.7. The maximum absolute atomic E-state index is 11.0. The van der Waals surface area contributed by atoms with Gasteiger partial charge in [-0.15, -0.1) is 0 Å². The van der Waals surface area contributed by atoms with Crippen LogP contribution < -0.4 is 9.47 Å². The van der Waals surface area contributed by atoms with E-state index in [-0.39, 0.29) is 25.0 Å². The summed E-state index contributed by atoms with van der Waals surface area (Å²) in [6.45, 7) is 21.5. The van der Waals surface area contributed by atoms with Gasteiger partial charge in [0.2, 0.25) is 0 Å². The molecule has 0 saturated heterocycles. The van der Waals surface area contributed by atoms with E-state index >= 15 is 0 Å². The van der Waals surface area contributed by atoms with Crippen LogP contribution >= 0.6 is 0 Å². The molecule has 1 N–H and O–H groups in total. The van der Waals surface area contributed by atoms with Crippen LogP contribution in [0.25, 0.3) is 0 Å². The van der Waals surface area contributed by atoms with Crippen LogP contribution in [0.15, 0.2) is 94.2 Å². The summed E-state index contributed by atoms with van der Waals surface area (Å²) in [6.07, 6.45) is 2.66. The molecule has 2 unspecified atom stereocenters. The molecule has 0 amide bonds. The summed E-state index contributed by atoms with van der Waals surface area (Å²) >= 11 is 0. The summed E-state index contributed by atoms with van der Waals surface area (Å²) in [5, 5.41) is 11.0. The lowest BCUT2D eigenvalue weighted by Gasteiger charge is -2.24. The summed E-state index contributed by atoms with van der Waals surface area (Å²) in [4.78, 5) is 0. The third-order valence-corrected chi connectivity index (χ3v) is 10.7. The monoisotopic (exact) mass is 696 g/mol. The van der Waals surface area contributed by atoms with E-state index in [0.717, 1.165) is 45.3 Å². The Kier molecular flexibility index (Phi) is 10.8. The second kappa shape index (κ2) is 15.3. The highest BCUT2D eigenvalue weighted by molar-refractivity contribution is 5.54. The van der Waals surface area contributed by atoms with Gasteiger partial charge in [0.25, 0.3) is 0 Å². The van der Waals surface area contributed by atoms with Crippen LogP contribution in [-0.4, -0.2) is 24.4 Å². The van der Waals surface area contributed by atoms with Crippen LogP contribution in [0, 0.1) is 69.2 Å². The Morgan fingerprint density at radius 1 is 0.442 bits per heavy atom. The molecule has 6 rings (SSSR count). The molecule has 2 atom stereocenters. The molecule has 0 radical (unpaired) electrons. The molecule has 2 aromatic heterocycles. The van der Waals surface area contributed by atoms with Gasteiger partial charge in [-0.1, -0.05) is 36.4 Å². The summed E-state index contributed by atoms with van der Waals surface area (Å²) in [5.41, 5.74) is 16.6. The zero-order valence-electron chi connectivity index (χ0n) is 32.3. The van der Waals surface area contributed by atoms with Crippen molar-refractivity contribution in [2.75, 3.05) is 13.2 Å². The number of aliphatic hydroxyl groups is 1. The minimum Gasteiger partial charge on any atom is -0.490 e. The Hall–Kier alpha value is -5.00. The van der Waals surface area contributed by atoms with E-state index in [1.165, 1.54) is 55.6 Å². The van der Waals surface area contributed by atoms with Gasteiger partial charge in [0, 0.05) is 0 Å². The van der Waals surface area contributed by atoms with Crippen molar-refractivity contribution in [3.63, 3.8) is 0 Å². The fourth-order valence-corrected chi connectivity index (χ4v) is 7.42. The van der Waals surface area contributed by atoms with Crippen LogP contribution in [0.2, 0.25) is 0 Å². The van der Waals surface area contributed by atoms with Crippen molar-refractivity contribution in [2.45, 2.75) is 87.2 Å². The SMILES string of the molecule is Cc1cc(C)c(C(c2ccco2)c2cc(C)c(OCC(O)COc3cc(C)c(C(c4ccco4)c4cc(C)c(C)cc4C)cc3C)cc2C)cc1C. The van der Waals surface area contributed by atoms with Crippen LogP contribution in [0.1, 0.15) is 101 Å². The molecule has 0 fully saturated rings. The molecule has 0 saturated carbocycles. The highest BCUT2D eigenvalue weighted by Crippen LogP contribution is 2.40. The Bertz CT molecular complexity index is 2020. The van der Waals surface area contributed by atoms with Crippen molar-refractivity contribution in [3.8, 4) is 11.5 Å². The molecule has 5 nitrogen and oxygen atoms in total. The smallest absolute Gasteiger partial charge is 0.122 e. The summed E-state index contributed by atoms with van der Waals surface area (Å²) in [7, 11) is 0. The van der Waals surface area contributed by atoms with Crippen molar-refractivity contribution in [3.05, 3.63) is 175 Å². The van der Waals surface area contributed by atoms with Gasteiger partial charge in [0.1, 0.15) is 42.3 Å². The Balaban J connectivity index is 1.17. The second-order valence-electron chi connectivity index (χ2n) is 14.7. The first kappa shape index (κ1) is 36.8. The number of hydrogen-bond donors (Lipinski definition) is 1. The largest absolute Gasteiger partial charge is 0.490 e. The molecular formula is C47H52O5. The first-order valence-electron chi connectivity index (χ1n) is 18.2. The van der Waals surface area contributed by atoms with E-state index < -0.39 is 6.10 Å². The zero-order chi connectivity index (χ0) is 37.3. The van der Waals surface area contributed by atoms with E-state index in [4.69, 9.17) is 18.3 Å². The topological polar surface area (TPSA) is 65.0 Å². The third kappa shape index (κ3) is 7.61. The van der Waals surface area contributed by atoms with Crippen molar-refractivity contribution in [1.82, 2.24) is 0 Å². The molecule has 0 bridgehead atoms. The van der Waals surface area contributed by atoms with Gasteiger partial charge in [-0.05, 0) is 184 Å². The molecule has 2 heterocycles. The summed E-state index contributed by atoms with van der Waals surface area (Å²) in [5.74, 6) is 3.22. The number of ether oxygens (including phenoxy) is 2. The Labute approximate surface area is 309 Å². The number of furan rings is 2.